The minimum Gasteiger partial charge on any atom is -0.339 e. The van der Waals surface area contributed by atoms with Crippen LogP contribution in [0, 0.1) is 5.41 Å². The summed E-state index contributed by atoms with van der Waals surface area (Å²) in [6.07, 6.45) is 1.15. The molecule has 0 spiro atoms. The molecule has 1 aliphatic carbocycles. The third-order valence-electron chi connectivity index (χ3n) is 4.59. The fraction of sp³-hybridized carbons (Fsp3) is 0.500. The maximum atomic E-state index is 12.8. The highest BCUT2D eigenvalue weighted by Gasteiger charge is 2.58. The molecule has 1 aromatic carbocycles. The quantitative estimate of drug-likeness (QED) is 0.847. The van der Waals surface area contributed by atoms with Gasteiger partial charge in [-0.25, -0.2) is 0 Å². The Morgan fingerprint density at radius 3 is 2.17 bits per heavy atom. The van der Waals surface area contributed by atoms with E-state index in [9.17, 15) is 9.59 Å². The number of benzene rings is 1. The van der Waals surface area contributed by atoms with Crippen LogP contribution in [-0.4, -0.2) is 54.8 Å². The lowest BCUT2D eigenvalue weighted by molar-refractivity contribution is -0.143. The molecule has 0 aromatic heterocycles. The fourth-order valence-electron chi connectivity index (χ4n) is 2.83. The van der Waals surface area contributed by atoms with E-state index in [0.717, 1.165) is 13.1 Å². The zero-order chi connectivity index (χ0) is 16.6. The van der Waals surface area contributed by atoms with Gasteiger partial charge in [-0.05, 0) is 32.0 Å². The molecule has 0 unspecified atom stereocenters. The van der Waals surface area contributed by atoms with Crippen LogP contribution in [0.2, 0.25) is 10.0 Å². The average Bonchev–Trinajstić information content (AvgIpc) is 3.33. The van der Waals surface area contributed by atoms with Gasteiger partial charge in [0.05, 0.1) is 15.7 Å². The van der Waals surface area contributed by atoms with Crippen LogP contribution in [0.3, 0.4) is 0 Å². The summed E-state index contributed by atoms with van der Waals surface area (Å²) >= 11 is 12.2. The van der Waals surface area contributed by atoms with Crippen molar-refractivity contribution in [3.05, 3.63) is 28.2 Å². The number of hydrogen-bond acceptors (Lipinski definition) is 3. The summed E-state index contributed by atoms with van der Waals surface area (Å²) in [5.74, 6) is -0.386. The molecule has 2 fully saturated rings. The van der Waals surface area contributed by atoms with Crippen LogP contribution in [0.5, 0.6) is 0 Å². The van der Waals surface area contributed by atoms with E-state index < -0.39 is 5.41 Å². The molecule has 2 amide bonds. The highest BCUT2D eigenvalue weighted by molar-refractivity contribution is 6.40. The zero-order valence-electron chi connectivity index (χ0n) is 12.9. The highest BCUT2D eigenvalue weighted by atomic mass is 35.5. The van der Waals surface area contributed by atoms with Crippen molar-refractivity contribution >= 4 is 40.7 Å². The Bertz CT molecular complexity index is 618. The van der Waals surface area contributed by atoms with Gasteiger partial charge in [-0.3, -0.25) is 9.59 Å². The number of anilines is 1. The summed E-state index contributed by atoms with van der Waals surface area (Å²) in [5, 5.41) is 3.49. The first-order valence-corrected chi connectivity index (χ1v) is 8.43. The van der Waals surface area contributed by atoms with Gasteiger partial charge in [-0.15, -0.1) is 0 Å². The van der Waals surface area contributed by atoms with Gasteiger partial charge in [0.2, 0.25) is 11.8 Å². The van der Waals surface area contributed by atoms with Gasteiger partial charge in [0.1, 0.15) is 5.41 Å². The molecule has 0 atom stereocenters. The van der Waals surface area contributed by atoms with Crippen molar-refractivity contribution in [3.63, 3.8) is 0 Å². The first-order valence-electron chi connectivity index (χ1n) is 7.67. The Labute approximate surface area is 145 Å². The molecule has 5 nitrogen and oxygen atoms in total. The molecule has 3 rings (SSSR count). The number of nitrogens with one attached hydrogen (secondary N) is 1. The number of piperazine rings is 1. The second kappa shape index (κ2) is 6.30. The largest absolute Gasteiger partial charge is 0.339 e. The summed E-state index contributed by atoms with van der Waals surface area (Å²) in [4.78, 5) is 29.4. The molecule has 2 aliphatic rings. The fourth-order valence-corrected chi connectivity index (χ4v) is 3.32. The Kier molecular flexibility index (Phi) is 4.54. The van der Waals surface area contributed by atoms with Crippen LogP contribution < -0.4 is 5.32 Å². The third kappa shape index (κ3) is 3.18. The lowest BCUT2D eigenvalue weighted by atomic mass is 10.0. The summed E-state index contributed by atoms with van der Waals surface area (Å²) in [6, 6.07) is 5.03. The van der Waals surface area contributed by atoms with Crippen LogP contribution in [-0.2, 0) is 9.59 Å². The van der Waals surface area contributed by atoms with Crippen molar-refractivity contribution in [3.8, 4) is 0 Å². The number of carbonyl (C=O) groups excluding carboxylic acids is 2. The molecule has 1 heterocycles. The lowest BCUT2D eigenvalue weighted by Crippen LogP contribution is -2.51. The van der Waals surface area contributed by atoms with Crippen LogP contribution in [0.1, 0.15) is 12.8 Å². The van der Waals surface area contributed by atoms with Gasteiger partial charge in [0, 0.05) is 26.2 Å². The number of nitrogens with zero attached hydrogens (tertiary/aromatic N) is 2. The van der Waals surface area contributed by atoms with Crippen molar-refractivity contribution in [1.82, 2.24) is 9.80 Å². The number of halogens is 2. The Morgan fingerprint density at radius 1 is 1.09 bits per heavy atom. The summed E-state index contributed by atoms with van der Waals surface area (Å²) < 4.78 is 0. The molecule has 0 radical (unpaired) electrons. The molecule has 1 aromatic rings. The zero-order valence-corrected chi connectivity index (χ0v) is 14.5. The maximum absolute atomic E-state index is 12.8. The van der Waals surface area contributed by atoms with E-state index in [2.05, 4.69) is 10.2 Å². The SMILES string of the molecule is CN1CCN(C(=O)C2(C(=O)Nc3c(Cl)cccc3Cl)CC2)CC1. The first-order chi connectivity index (χ1) is 10.9. The lowest BCUT2D eigenvalue weighted by Gasteiger charge is -2.34. The van der Waals surface area contributed by atoms with Crippen LogP contribution in [0.25, 0.3) is 0 Å². The van der Waals surface area contributed by atoms with Gasteiger partial charge in [0.25, 0.3) is 0 Å². The number of amides is 2. The number of hydrogen-bond donors (Lipinski definition) is 1. The van der Waals surface area contributed by atoms with Crippen LogP contribution in [0.4, 0.5) is 5.69 Å². The van der Waals surface area contributed by atoms with Gasteiger partial charge >= 0.3 is 0 Å². The molecular weight excluding hydrogens is 337 g/mol. The highest BCUT2D eigenvalue weighted by Crippen LogP contribution is 2.49. The second-order valence-corrected chi connectivity index (χ2v) is 7.04. The molecule has 1 N–H and O–H groups in total. The standard InChI is InChI=1S/C16H19Cl2N3O2/c1-20-7-9-21(10-8-20)15(23)16(5-6-16)14(22)19-13-11(17)3-2-4-12(13)18/h2-4H,5-10H2,1H3,(H,19,22). The van der Waals surface area contributed by atoms with E-state index in [1.54, 1.807) is 23.1 Å². The average molecular weight is 356 g/mol. The van der Waals surface area contributed by atoms with E-state index in [1.165, 1.54) is 0 Å². The minimum absolute atomic E-state index is 0.0775. The van der Waals surface area contributed by atoms with Gasteiger partial charge < -0.3 is 15.1 Å². The summed E-state index contributed by atoms with van der Waals surface area (Å²) in [6.45, 7) is 2.99. The van der Waals surface area contributed by atoms with Crippen molar-refractivity contribution in [1.29, 1.82) is 0 Å². The van der Waals surface area contributed by atoms with E-state index in [-0.39, 0.29) is 11.8 Å². The van der Waals surface area contributed by atoms with Crippen molar-refractivity contribution < 1.29 is 9.59 Å². The molecule has 7 heteroatoms. The summed E-state index contributed by atoms with van der Waals surface area (Å²) in [5.41, 5.74) is -0.573. The smallest absolute Gasteiger partial charge is 0.240 e. The number of likely N-dealkylation sites (N-methyl/N-ethyl adjacent to an activating group) is 1. The Morgan fingerprint density at radius 2 is 1.65 bits per heavy atom. The van der Waals surface area contributed by atoms with E-state index in [4.69, 9.17) is 23.2 Å². The number of rotatable bonds is 3. The monoisotopic (exact) mass is 355 g/mol. The van der Waals surface area contributed by atoms with Gasteiger partial charge in [0.15, 0.2) is 0 Å². The Balaban J connectivity index is 1.73. The number of carbonyl (C=O) groups is 2. The molecule has 0 bridgehead atoms. The molecule has 1 saturated carbocycles. The Hall–Kier alpha value is -1.30. The minimum atomic E-state index is -0.946. The van der Waals surface area contributed by atoms with Crippen LogP contribution >= 0.6 is 23.2 Å². The molecular formula is C16H19Cl2N3O2. The molecule has 23 heavy (non-hydrogen) atoms. The van der Waals surface area contributed by atoms with Gasteiger partial charge in [-0.2, -0.15) is 0 Å². The van der Waals surface area contributed by atoms with E-state index in [1.807, 2.05) is 7.05 Å². The van der Waals surface area contributed by atoms with Crippen molar-refractivity contribution in [2.45, 2.75) is 12.8 Å². The second-order valence-electron chi connectivity index (χ2n) is 6.23. The summed E-state index contributed by atoms with van der Waals surface area (Å²) in [7, 11) is 2.03. The molecule has 1 aliphatic heterocycles. The normalized spacial score (nSPS) is 20.2. The van der Waals surface area contributed by atoms with E-state index in [0.29, 0.717) is 41.7 Å². The van der Waals surface area contributed by atoms with Crippen molar-refractivity contribution in [2.24, 2.45) is 5.41 Å². The third-order valence-corrected chi connectivity index (χ3v) is 5.22. The van der Waals surface area contributed by atoms with Crippen LogP contribution in [0.15, 0.2) is 18.2 Å². The topological polar surface area (TPSA) is 52.7 Å². The molecule has 1 saturated heterocycles. The maximum Gasteiger partial charge on any atom is 0.240 e. The number of para-hydroxylation sites is 1. The predicted octanol–water partition coefficient (Wildman–Crippen LogP) is 2.49. The predicted molar refractivity (Wildman–Crippen MR) is 90.8 cm³/mol. The first kappa shape index (κ1) is 16.6. The molecule has 124 valence electrons. The van der Waals surface area contributed by atoms with Gasteiger partial charge in [-0.1, -0.05) is 29.3 Å². The van der Waals surface area contributed by atoms with Crippen molar-refractivity contribution in [2.75, 3.05) is 38.5 Å². The van der Waals surface area contributed by atoms with E-state index >= 15 is 0 Å².